The minimum absolute atomic E-state index is 0. The number of quaternary nitrogens is 1. The smallest absolute Gasteiger partial charge is 0.223 e. The van der Waals surface area contributed by atoms with Gasteiger partial charge in [0.15, 0.2) is 11.5 Å². The van der Waals surface area contributed by atoms with Gasteiger partial charge in [0, 0.05) is 25.2 Å². The molecule has 2 N–H and O–H groups in total. The van der Waals surface area contributed by atoms with E-state index in [0.717, 1.165) is 35.8 Å². The van der Waals surface area contributed by atoms with E-state index in [-0.39, 0.29) is 47.6 Å². The molecule has 2 atom stereocenters. The Morgan fingerprint density at radius 1 is 1.17 bits per heavy atom. The van der Waals surface area contributed by atoms with Crippen molar-refractivity contribution in [1.82, 2.24) is 5.32 Å². The van der Waals surface area contributed by atoms with E-state index < -0.39 is 0 Å². The summed E-state index contributed by atoms with van der Waals surface area (Å²) in [6.07, 6.45) is 10.5. The third-order valence-corrected chi connectivity index (χ3v) is 6.73. The Morgan fingerprint density at radius 3 is 2.66 bits per heavy atom. The number of likely N-dealkylation sites (tertiary alicyclic amines) is 1. The van der Waals surface area contributed by atoms with Crippen LogP contribution in [-0.2, 0) is 20.7 Å². The highest BCUT2D eigenvalue weighted by Crippen LogP contribution is 2.31. The van der Waals surface area contributed by atoms with Crippen molar-refractivity contribution in [2.75, 3.05) is 39.5 Å². The van der Waals surface area contributed by atoms with Gasteiger partial charge >= 0.3 is 0 Å². The number of benzene rings is 1. The standard InChI is InChI=1S/C27H36N2O5.HI/c1-2-24(30)21-6-8-23(9-7-21)32-14-11-27(31)28-22(19-29-12-3-4-13-29)17-20-5-10-25-26(18-20)34-16-15-33-25;/h5-6,8-10,18,21-22H,2-4,7,11-17,19H2,1H3,(H,28,31);1H. The van der Waals surface area contributed by atoms with Gasteiger partial charge in [0.1, 0.15) is 24.8 Å². The normalized spacial score (nSPS) is 19.9. The lowest BCUT2D eigenvalue weighted by Crippen LogP contribution is -3.11. The van der Waals surface area contributed by atoms with Gasteiger partial charge in [-0.05, 0) is 42.7 Å². The number of ether oxygens (including phenoxy) is 3. The van der Waals surface area contributed by atoms with Crippen LogP contribution in [0.25, 0.3) is 0 Å². The van der Waals surface area contributed by atoms with E-state index >= 15 is 0 Å². The summed E-state index contributed by atoms with van der Waals surface area (Å²) in [4.78, 5) is 26.1. The minimum Gasteiger partial charge on any atom is -1.00 e. The number of halogens is 1. The van der Waals surface area contributed by atoms with Crippen LogP contribution in [0.4, 0.5) is 0 Å². The molecule has 4 rings (SSSR count). The largest absolute Gasteiger partial charge is 1.00 e. The topological polar surface area (TPSA) is 78.3 Å². The molecule has 1 aromatic carbocycles. The zero-order chi connectivity index (χ0) is 23.8. The maximum absolute atomic E-state index is 12.7. The Balaban J connectivity index is 0.00000342. The van der Waals surface area contributed by atoms with Crippen molar-refractivity contribution in [2.24, 2.45) is 5.92 Å². The molecule has 192 valence electrons. The molecular formula is C27H37IN2O5. The molecule has 1 aliphatic carbocycles. The molecule has 35 heavy (non-hydrogen) atoms. The van der Waals surface area contributed by atoms with Crippen molar-refractivity contribution in [1.29, 1.82) is 0 Å². The summed E-state index contributed by atoms with van der Waals surface area (Å²) in [6.45, 7) is 6.60. The summed E-state index contributed by atoms with van der Waals surface area (Å²) in [6, 6.07) is 6.11. The second-order valence-corrected chi connectivity index (χ2v) is 9.33. The van der Waals surface area contributed by atoms with Crippen LogP contribution in [0.5, 0.6) is 11.5 Å². The van der Waals surface area contributed by atoms with Gasteiger partial charge in [-0.3, -0.25) is 9.59 Å². The lowest BCUT2D eigenvalue weighted by atomic mass is 9.94. The average molecular weight is 597 g/mol. The molecule has 0 aromatic heterocycles. The molecule has 2 aliphatic heterocycles. The van der Waals surface area contributed by atoms with Gasteiger partial charge in [0.2, 0.25) is 5.91 Å². The van der Waals surface area contributed by atoms with Gasteiger partial charge in [-0.25, -0.2) is 0 Å². The van der Waals surface area contributed by atoms with Gasteiger partial charge in [-0.1, -0.05) is 19.1 Å². The van der Waals surface area contributed by atoms with E-state index in [2.05, 4.69) is 11.4 Å². The lowest BCUT2D eigenvalue weighted by molar-refractivity contribution is -0.888. The van der Waals surface area contributed by atoms with Crippen LogP contribution >= 0.6 is 0 Å². The number of nitrogens with one attached hydrogen (secondary N) is 2. The van der Waals surface area contributed by atoms with Gasteiger partial charge in [-0.15, -0.1) is 0 Å². The van der Waals surface area contributed by atoms with E-state index in [9.17, 15) is 9.59 Å². The van der Waals surface area contributed by atoms with Crippen LogP contribution in [0.3, 0.4) is 0 Å². The monoisotopic (exact) mass is 596 g/mol. The van der Waals surface area contributed by atoms with E-state index in [0.29, 0.717) is 39.1 Å². The zero-order valence-electron chi connectivity index (χ0n) is 20.5. The number of fused-ring (bicyclic) bond motifs is 1. The maximum Gasteiger partial charge on any atom is 0.223 e. The Morgan fingerprint density at radius 2 is 1.94 bits per heavy atom. The van der Waals surface area contributed by atoms with E-state index in [4.69, 9.17) is 14.2 Å². The first-order chi connectivity index (χ1) is 16.6. The van der Waals surface area contributed by atoms with E-state index in [1.165, 1.54) is 25.9 Å². The first-order valence-electron chi connectivity index (χ1n) is 12.7. The van der Waals surface area contributed by atoms with Crippen molar-refractivity contribution in [3.8, 4) is 11.5 Å². The fourth-order valence-corrected chi connectivity index (χ4v) is 4.87. The van der Waals surface area contributed by atoms with Crippen LogP contribution in [0, 0.1) is 5.92 Å². The molecule has 2 unspecified atom stereocenters. The molecule has 7 nitrogen and oxygen atoms in total. The molecule has 2 heterocycles. The summed E-state index contributed by atoms with van der Waals surface area (Å²) in [7, 11) is 0. The number of allylic oxidation sites excluding steroid dienone is 3. The average Bonchev–Trinajstić information content (AvgIpc) is 3.37. The Hall–Kier alpha value is -2.07. The van der Waals surface area contributed by atoms with E-state index in [1.807, 2.05) is 37.3 Å². The second-order valence-electron chi connectivity index (χ2n) is 9.33. The number of Topliss-reactive ketones (excluding diaryl/α,β-unsaturated/α-hetero) is 1. The van der Waals surface area contributed by atoms with Gasteiger partial charge < -0.3 is 48.4 Å². The molecule has 8 heteroatoms. The van der Waals surface area contributed by atoms with E-state index in [1.54, 1.807) is 4.90 Å². The van der Waals surface area contributed by atoms with Crippen molar-refractivity contribution in [3.05, 3.63) is 47.7 Å². The van der Waals surface area contributed by atoms with Crippen LogP contribution in [-0.4, -0.2) is 57.2 Å². The predicted octanol–water partition coefficient (Wildman–Crippen LogP) is -0.986. The summed E-state index contributed by atoms with van der Waals surface area (Å²) >= 11 is 0. The Labute approximate surface area is 225 Å². The van der Waals surface area contributed by atoms with Crippen molar-refractivity contribution < 1.29 is 52.7 Å². The highest BCUT2D eigenvalue weighted by Gasteiger charge is 2.24. The number of rotatable bonds is 11. The number of hydrogen-bond acceptors (Lipinski definition) is 5. The fourth-order valence-electron chi connectivity index (χ4n) is 4.87. The highest BCUT2D eigenvalue weighted by atomic mass is 127. The molecule has 0 radical (unpaired) electrons. The number of carbonyl (C=O) groups is 2. The first kappa shape index (κ1) is 27.5. The summed E-state index contributed by atoms with van der Waals surface area (Å²) in [5.41, 5.74) is 1.14. The molecule has 1 fully saturated rings. The van der Waals surface area contributed by atoms with Gasteiger partial charge in [0.25, 0.3) is 0 Å². The molecule has 0 spiro atoms. The first-order valence-corrected chi connectivity index (χ1v) is 12.7. The number of ketones is 1. The predicted molar refractivity (Wildman–Crippen MR) is 129 cm³/mol. The SMILES string of the molecule is CCC(=O)C1C=CC(OCCC(=O)NC(Cc2ccc3c(c2)OCCO3)C[NH+]2CCCC2)=CC1.[I-]. The molecule has 0 bridgehead atoms. The molecule has 1 saturated heterocycles. The van der Waals surface area contributed by atoms with Gasteiger partial charge in [0.05, 0.1) is 38.7 Å². The van der Waals surface area contributed by atoms with Crippen LogP contribution < -0.4 is 43.7 Å². The molecule has 3 aliphatic rings. The van der Waals surface area contributed by atoms with Crippen molar-refractivity contribution in [2.45, 2.75) is 51.5 Å². The number of carbonyl (C=O) groups excluding carboxylic acids is 2. The van der Waals surface area contributed by atoms with Crippen molar-refractivity contribution in [3.63, 3.8) is 0 Å². The summed E-state index contributed by atoms with van der Waals surface area (Å²) in [5, 5.41) is 3.25. The van der Waals surface area contributed by atoms with Gasteiger partial charge in [-0.2, -0.15) is 0 Å². The molecule has 1 amide bonds. The molecular weight excluding hydrogens is 559 g/mol. The molecule has 0 saturated carbocycles. The summed E-state index contributed by atoms with van der Waals surface area (Å²) < 4.78 is 17.1. The molecule has 1 aromatic rings. The number of amides is 1. The highest BCUT2D eigenvalue weighted by molar-refractivity contribution is 5.82. The maximum atomic E-state index is 12.7. The lowest BCUT2D eigenvalue weighted by Gasteiger charge is -2.24. The quantitative estimate of drug-likeness (QED) is 0.321. The van der Waals surface area contributed by atoms with Crippen LogP contribution in [0.2, 0.25) is 0 Å². The minimum atomic E-state index is -0.0462. The van der Waals surface area contributed by atoms with Crippen LogP contribution in [0.1, 0.15) is 44.6 Å². The van der Waals surface area contributed by atoms with Crippen molar-refractivity contribution >= 4 is 11.7 Å². The fraction of sp³-hybridized carbons (Fsp3) is 0.556. The number of hydrogen-bond donors (Lipinski definition) is 2. The Kier molecular flexibility index (Phi) is 10.9. The Bertz CT molecular complexity index is 926. The third-order valence-electron chi connectivity index (χ3n) is 6.73. The summed E-state index contributed by atoms with van der Waals surface area (Å²) in [5.74, 6) is 2.51. The third kappa shape index (κ3) is 8.24. The zero-order valence-corrected chi connectivity index (χ0v) is 22.7. The van der Waals surface area contributed by atoms with Crippen LogP contribution in [0.15, 0.2) is 42.2 Å². The second kappa shape index (κ2) is 13.9.